The molecule has 1 aliphatic rings. The lowest BCUT2D eigenvalue weighted by atomic mass is 10.1. The molecule has 0 aromatic carbocycles. The summed E-state index contributed by atoms with van der Waals surface area (Å²) in [6.07, 6.45) is 3.88. The zero-order valence-electron chi connectivity index (χ0n) is 12.4. The van der Waals surface area contributed by atoms with E-state index in [1.807, 2.05) is 5.38 Å². The van der Waals surface area contributed by atoms with Gasteiger partial charge in [0.2, 0.25) is 5.91 Å². The minimum atomic E-state index is -0.876. The summed E-state index contributed by atoms with van der Waals surface area (Å²) in [6.45, 7) is 6.54. The van der Waals surface area contributed by atoms with Crippen LogP contribution in [0.2, 0.25) is 0 Å². The van der Waals surface area contributed by atoms with Gasteiger partial charge in [-0.3, -0.25) is 9.69 Å². The number of amides is 1. The molecule has 1 aromatic rings. The third-order valence-corrected chi connectivity index (χ3v) is 4.00. The topological polar surface area (TPSA) is 71.2 Å². The molecular weight excluding hydrogens is 331 g/mol. The molecule has 0 spiro atoms. The molecule has 1 amide bonds. The molecule has 5 nitrogen and oxygen atoms in total. The molecule has 0 aliphatic carbocycles. The van der Waals surface area contributed by atoms with Gasteiger partial charge in [0.25, 0.3) is 0 Å². The van der Waals surface area contributed by atoms with Crippen molar-refractivity contribution in [2.75, 3.05) is 18.4 Å². The van der Waals surface area contributed by atoms with Crippen LogP contribution in [-0.4, -0.2) is 34.4 Å². The first-order valence-corrected chi connectivity index (χ1v) is 7.60. The van der Waals surface area contributed by atoms with Crippen LogP contribution in [0, 0.1) is 0 Å². The van der Waals surface area contributed by atoms with Crippen molar-refractivity contribution in [3.63, 3.8) is 0 Å². The Hall–Kier alpha value is -0.400. The van der Waals surface area contributed by atoms with Crippen LogP contribution in [0.5, 0.6) is 0 Å². The maximum absolute atomic E-state index is 11.8. The maximum Gasteiger partial charge on any atom is 0.245 e. The van der Waals surface area contributed by atoms with E-state index < -0.39 is 5.54 Å². The van der Waals surface area contributed by atoms with Crippen molar-refractivity contribution in [3.05, 3.63) is 11.1 Å². The molecule has 1 aliphatic heterocycles. The number of hydrogen-bond acceptors (Lipinski definition) is 5. The molecule has 3 N–H and O–H groups in total. The quantitative estimate of drug-likeness (QED) is 0.871. The van der Waals surface area contributed by atoms with Crippen molar-refractivity contribution in [1.29, 1.82) is 0 Å². The summed E-state index contributed by atoms with van der Waals surface area (Å²) < 4.78 is 0. The summed E-state index contributed by atoms with van der Waals surface area (Å²) in [5, 5.41) is 5.41. The third-order valence-electron chi connectivity index (χ3n) is 3.19. The third kappa shape index (κ3) is 6.48. The van der Waals surface area contributed by atoms with Gasteiger partial charge >= 0.3 is 0 Å². The van der Waals surface area contributed by atoms with Gasteiger partial charge in [-0.2, -0.15) is 0 Å². The van der Waals surface area contributed by atoms with Crippen molar-refractivity contribution < 1.29 is 4.79 Å². The molecule has 1 aromatic heterocycles. The standard InChI is InChI=1S/C13H22N4OS.2ClH/c1-13(2,14)11(18)16-12-15-10(9-19-12)8-17-6-4-3-5-7-17;;/h9H,3-8,14H2,1-2H3,(H,15,16,18);2*1H. The fourth-order valence-corrected chi connectivity index (χ4v) is 2.74. The number of piperidine rings is 1. The van der Waals surface area contributed by atoms with Gasteiger partial charge in [-0.05, 0) is 39.8 Å². The van der Waals surface area contributed by atoms with Crippen LogP contribution in [0.3, 0.4) is 0 Å². The van der Waals surface area contributed by atoms with Gasteiger partial charge in [0.15, 0.2) is 5.13 Å². The van der Waals surface area contributed by atoms with Gasteiger partial charge in [-0.15, -0.1) is 36.2 Å². The van der Waals surface area contributed by atoms with Gasteiger partial charge in [0, 0.05) is 11.9 Å². The summed E-state index contributed by atoms with van der Waals surface area (Å²) in [4.78, 5) is 18.6. The predicted octanol–water partition coefficient (Wildman–Crippen LogP) is 2.65. The second kappa shape index (κ2) is 8.90. The SMILES string of the molecule is CC(C)(N)C(=O)Nc1nc(CN2CCCCC2)cs1.Cl.Cl. The van der Waals surface area contributed by atoms with Crippen molar-refractivity contribution in [2.24, 2.45) is 5.73 Å². The second-order valence-electron chi connectivity index (χ2n) is 5.66. The Bertz CT molecular complexity index is 442. The number of nitrogens with two attached hydrogens (primary N) is 1. The number of hydrogen-bond donors (Lipinski definition) is 2. The Morgan fingerprint density at radius 1 is 1.38 bits per heavy atom. The molecule has 8 heteroatoms. The molecule has 21 heavy (non-hydrogen) atoms. The fraction of sp³-hybridized carbons (Fsp3) is 0.692. The normalized spacial score (nSPS) is 15.8. The molecule has 2 rings (SSSR count). The number of carbonyl (C=O) groups is 1. The van der Waals surface area contributed by atoms with Crippen LogP contribution in [0.25, 0.3) is 0 Å². The first-order valence-electron chi connectivity index (χ1n) is 6.72. The molecule has 1 fully saturated rings. The smallest absolute Gasteiger partial charge is 0.245 e. The van der Waals surface area contributed by atoms with Crippen LogP contribution in [-0.2, 0) is 11.3 Å². The minimum Gasteiger partial charge on any atom is -0.318 e. The summed E-state index contributed by atoms with van der Waals surface area (Å²) >= 11 is 1.46. The number of likely N-dealkylation sites (tertiary alicyclic amines) is 1. The zero-order valence-corrected chi connectivity index (χ0v) is 14.9. The van der Waals surface area contributed by atoms with Crippen LogP contribution < -0.4 is 11.1 Å². The van der Waals surface area contributed by atoms with E-state index >= 15 is 0 Å². The number of nitrogens with one attached hydrogen (secondary N) is 1. The van der Waals surface area contributed by atoms with Crippen molar-refractivity contribution >= 4 is 47.2 Å². The van der Waals surface area contributed by atoms with E-state index in [2.05, 4.69) is 15.2 Å². The van der Waals surface area contributed by atoms with E-state index in [1.165, 1.54) is 30.6 Å². The summed E-state index contributed by atoms with van der Waals surface area (Å²) in [7, 11) is 0. The number of anilines is 1. The monoisotopic (exact) mass is 354 g/mol. The van der Waals surface area contributed by atoms with Crippen LogP contribution in [0.15, 0.2) is 5.38 Å². The van der Waals surface area contributed by atoms with Crippen LogP contribution >= 0.6 is 36.2 Å². The van der Waals surface area contributed by atoms with E-state index in [9.17, 15) is 4.79 Å². The van der Waals surface area contributed by atoms with Gasteiger partial charge in [0.05, 0.1) is 11.2 Å². The molecule has 0 atom stereocenters. The van der Waals surface area contributed by atoms with Crippen molar-refractivity contribution in [2.45, 2.75) is 45.2 Å². The number of thiazole rings is 1. The Morgan fingerprint density at radius 3 is 2.57 bits per heavy atom. The van der Waals surface area contributed by atoms with Crippen molar-refractivity contribution in [3.8, 4) is 0 Å². The molecule has 0 radical (unpaired) electrons. The highest BCUT2D eigenvalue weighted by molar-refractivity contribution is 7.13. The maximum atomic E-state index is 11.8. The highest BCUT2D eigenvalue weighted by atomic mass is 35.5. The largest absolute Gasteiger partial charge is 0.318 e. The first-order chi connectivity index (χ1) is 8.95. The molecule has 1 saturated heterocycles. The van der Waals surface area contributed by atoms with E-state index in [4.69, 9.17) is 5.73 Å². The average Bonchev–Trinajstić information content (AvgIpc) is 2.76. The van der Waals surface area contributed by atoms with Gasteiger partial charge in [0.1, 0.15) is 0 Å². The van der Waals surface area contributed by atoms with E-state index in [0.29, 0.717) is 5.13 Å². The van der Waals surface area contributed by atoms with E-state index in [-0.39, 0.29) is 30.7 Å². The minimum absolute atomic E-state index is 0. The lowest BCUT2D eigenvalue weighted by molar-refractivity contribution is -0.120. The predicted molar refractivity (Wildman–Crippen MR) is 92.6 cm³/mol. The Morgan fingerprint density at radius 2 is 2.00 bits per heavy atom. The van der Waals surface area contributed by atoms with Gasteiger partial charge in [-0.25, -0.2) is 4.98 Å². The number of aromatic nitrogens is 1. The number of rotatable bonds is 4. The number of nitrogens with zero attached hydrogens (tertiary/aromatic N) is 2. The number of carbonyl (C=O) groups excluding carboxylic acids is 1. The second-order valence-corrected chi connectivity index (χ2v) is 6.51. The highest BCUT2D eigenvalue weighted by Crippen LogP contribution is 2.19. The summed E-state index contributed by atoms with van der Waals surface area (Å²) in [5.41, 5.74) is 5.89. The average molecular weight is 355 g/mol. The van der Waals surface area contributed by atoms with Crippen LogP contribution in [0.4, 0.5) is 5.13 Å². The molecule has 0 bridgehead atoms. The van der Waals surface area contributed by atoms with Gasteiger partial charge < -0.3 is 11.1 Å². The van der Waals surface area contributed by atoms with Gasteiger partial charge in [-0.1, -0.05) is 6.42 Å². The zero-order chi connectivity index (χ0) is 13.9. The lowest BCUT2D eigenvalue weighted by Crippen LogP contribution is -2.45. The molecule has 0 saturated carbocycles. The van der Waals surface area contributed by atoms with Crippen LogP contribution in [0.1, 0.15) is 38.8 Å². The Kier molecular flexibility index (Phi) is 8.73. The Labute approximate surface area is 142 Å². The van der Waals surface area contributed by atoms with E-state index in [0.717, 1.165) is 25.3 Å². The first kappa shape index (κ1) is 20.6. The van der Waals surface area contributed by atoms with E-state index in [1.54, 1.807) is 13.8 Å². The Balaban J connectivity index is 0.00000200. The highest BCUT2D eigenvalue weighted by Gasteiger charge is 2.23. The molecule has 0 unspecified atom stereocenters. The molecular formula is C13H24Cl2N4OS. The number of halogens is 2. The lowest BCUT2D eigenvalue weighted by Gasteiger charge is -2.25. The molecule has 122 valence electrons. The summed E-state index contributed by atoms with van der Waals surface area (Å²) in [6, 6.07) is 0. The summed E-state index contributed by atoms with van der Waals surface area (Å²) in [5.74, 6) is -0.202. The van der Waals surface area contributed by atoms with Crippen molar-refractivity contribution in [1.82, 2.24) is 9.88 Å². The fourth-order valence-electron chi connectivity index (χ4n) is 2.04. The molecule has 2 heterocycles.